The van der Waals surface area contributed by atoms with Crippen molar-refractivity contribution in [2.24, 2.45) is 0 Å². The van der Waals surface area contributed by atoms with Gasteiger partial charge in [-0.1, -0.05) is 191 Å². The summed E-state index contributed by atoms with van der Waals surface area (Å²) >= 11 is 0. The third-order valence-electron chi connectivity index (χ3n) is 11.7. The van der Waals surface area contributed by atoms with Crippen LogP contribution in [0.2, 0.25) is 0 Å². The van der Waals surface area contributed by atoms with Crippen molar-refractivity contribution in [2.75, 3.05) is 40.9 Å². The number of carbonyl (C=O) groups is 2. The van der Waals surface area contributed by atoms with Gasteiger partial charge in [-0.3, -0.25) is 18.6 Å². The minimum atomic E-state index is -4.45. The zero-order valence-corrected chi connectivity index (χ0v) is 44.6. The number of quaternary nitrogens is 1. The molecule has 0 spiro atoms. The van der Waals surface area contributed by atoms with Gasteiger partial charge < -0.3 is 19.4 Å². The zero-order valence-electron chi connectivity index (χ0n) is 43.7. The topological polar surface area (TPSA) is 111 Å². The van der Waals surface area contributed by atoms with E-state index >= 15 is 0 Å². The Morgan fingerprint density at radius 2 is 0.939 bits per heavy atom. The van der Waals surface area contributed by atoms with Gasteiger partial charge in [0.05, 0.1) is 33.8 Å². The van der Waals surface area contributed by atoms with Crippen molar-refractivity contribution in [3.05, 3.63) is 60.8 Å². The monoisotopic (exact) mass is 948 g/mol. The number of phosphoric acid groups is 1. The fourth-order valence-corrected chi connectivity index (χ4v) is 8.13. The second-order valence-corrected chi connectivity index (χ2v) is 20.8. The van der Waals surface area contributed by atoms with E-state index in [1.807, 2.05) is 33.3 Å². The summed E-state index contributed by atoms with van der Waals surface area (Å²) in [6, 6.07) is -0.860. The maximum absolute atomic E-state index is 13.4. The molecule has 0 aromatic rings. The molecule has 2 N–H and O–H groups in total. The van der Waals surface area contributed by atoms with Crippen LogP contribution in [0.3, 0.4) is 0 Å². The number of amides is 1. The molecule has 0 saturated carbocycles. The summed E-state index contributed by atoms with van der Waals surface area (Å²) in [5.74, 6) is -0.544. The van der Waals surface area contributed by atoms with E-state index in [2.05, 4.69) is 74.7 Å². The van der Waals surface area contributed by atoms with E-state index in [4.69, 9.17) is 13.8 Å². The number of phosphoric ester groups is 1. The third-order valence-corrected chi connectivity index (χ3v) is 12.7. The smallest absolute Gasteiger partial charge is 0.456 e. The van der Waals surface area contributed by atoms with E-state index in [-0.39, 0.29) is 31.5 Å². The summed E-state index contributed by atoms with van der Waals surface area (Å²) in [5.41, 5.74) is 0. The van der Waals surface area contributed by atoms with E-state index in [0.29, 0.717) is 23.9 Å². The van der Waals surface area contributed by atoms with Crippen LogP contribution >= 0.6 is 7.82 Å². The quantitative estimate of drug-likeness (QED) is 0.0205. The van der Waals surface area contributed by atoms with Crippen LogP contribution in [0, 0.1) is 0 Å². The average Bonchev–Trinajstić information content (AvgIpc) is 3.27. The molecular formula is C56H104N2O7P+. The number of nitrogens with zero attached hydrogens (tertiary/aromatic N) is 1. The molecule has 3 atom stereocenters. The molecule has 66 heavy (non-hydrogen) atoms. The van der Waals surface area contributed by atoms with Crippen LogP contribution < -0.4 is 5.32 Å². The Balaban J connectivity index is 5.43. The molecule has 0 aromatic carbocycles. The van der Waals surface area contributed by atoms with Gasteiger partial charge in [0.1, 0.15) is 19.3 Å². The van der Waals surface area contributed by atoms with Gasteiger partial charge in [0, 0.05) is 12.8 Å². The molecule has 0 aliphatic rings. The van der Waals surface area contributed by atoms with E-state index in [0.717, 1.165) is 103 Å². The average molecular weight is 948 g/mol. The SMILES string of the molecule is CCCC/C=C\CCCCCCCC(=O)NC(COP(=O)(O)OCC[N+](C)(C)C)C(/C=C\CCCCCCCCCCCC)OC(=O)CCCCCC/C=C\C/C=C\C/C=C\CCCCC. The summed E-state index contributed by atoms with van der Waals surface area (Å²) in [6.45, 7) is 6.91. The Morgan fingerprint density at radius 3 is 1.47 bits per heavy atom. The number of likely N-dealkylation sites (N-methyl/N-ethyl adjacent to an activating group) is 1. The van der Waals surface area contributed by atoms with Crippen LogP contribution in [-0.2, 0) is 27.9 Å². The number of hydrogen-bond acceptors (Lipinski definition) is 6. The molecule has 0 saturated heterocycles. The molecule has 0 heterocycles. The normalized spacial score (nSPS) is 14.3. The second kappa shape index (κ2) is 46.4. The van der Waals surface area contributed by atoms with Crippen molar-refractivity contribution in [1.29, 1.82) is 0 Å². The molecule has 0 aromatic heterocycles. The van der Waals surface area contributed by atoms with Gasteiger partial charge in [0.15, 0.2) is 0 Å². The lowest BCUT2D eigenvalue weighted by molar-refractivity contribution is -0.870. The first-order valence-corrected chi connectivity index (χ1v) is 28.6. The van der Waals surface area contributed by atoms with Crippen LogP contribution in [0.15, 0.2) is 60.8 Å². The number of allylic oxidation sites excluding steroid dienone is 9. The standard InChI is InChI=1S/C56H103N2O7P/c1-7-10-13-16-19-22-25-27-28-29-30-31-34-37-40-43-46-49-56(60)65-54(47-44-41-38-35-33-26-23-20-17-14-11-8-2)53(52-64-66(61,62)63-51-50-58(4,5)6)57-55(59)48-45-42-39-36-32-24-21-18-15-12-9-3/h18-19,21-22,27-28,30-31,44,47,53-54H,7-17,20,23-26,29,32-43,45-46,48-52H2,1-6H3,(H-,57,59,61,62)/p+1/b21-18-,22-19-,28-27-,31-30-,47-44-. The lowest BCUT2D eigenvalue weighted by Crippen LogP contribution is -2.47. The van der Waals surface area contributed by atoms with Crippen LogP contribution in [0.1, 0.15) is 233 Å². The first-order chi connectivity index (χ1) is 31.9. The van der Waals surface area contributed by atoms with Crippen molar-refractivity contribution in [3.63, 3.8) is 0 Å². The maximum atomic E-state index is 13.4. The lowest BCUT2D eigenvalue weighted by Gasteiger charge is -2.27. The molecule has 10 heteroatoms. The van der Waals surface area contributed by atoms with Crippen molar-refractivity contribution in [2.45, 2.75) is 245 Å². The maximum Gasteiger partial charge on any atom is 0.472 e. The fourth-order valence-electron chi connectivity index (χ4n) is 7.40. The summed E-state index contributed by atoms with van der Waals surface area (Å²) in [5, 5.41) is 3.02. The Morgan fingerprint density at radius 1 is 0.530 bits per heavy atom. The predicted molar refractivity (Wildman–Crippen MR) is 282 cm³/mol. The number of unbranched alkanes of at least 4 members (excludes halogenated alkanes) is 24. The van der Waals surface area contributed by atoms with Gasteiger partial charge >= 0.3 is 13.8 Å². The number of hydrogen-bond donors (Lipinski definition) is 2. The van der Waals surface area contributed by atoms with Crippen LogP contribution in [-0.4, -0.2) is 74.3 Å². The third kappa shape index (κ3) is 46.8. The first-order valence-electron chi connectivity index (χ1n) is 27.1. The van der Waals surface area contributed by atoms with Crippen LogP contribution in [0.25, 0.3) is 0 Å². The Labute approximate surface area is 407 Å². The van der Waals surface area contributed by atoms with Gasteiger partial charge in [-0.2, -0.15) is 0 Å². The highest BCUT2D eigenvalue weighted by Gasteiger charge is 2.30. The molecule has 0 aliphatic carbocycles. The Hall–Kier alpha value is -2.29. The Kier molecular flexibility index (Phi) is 44.8. The van der Waals surface area contributed by atoms with Crippen molar-refractivity contribution in [1.82, 2.24) is 5.32 Å². The van der Waals surface area contributed by atoms with Gasteiger partial charge in [-0.05, 0) is 89.5 Å². The molecule has 1 amide bonds. The van der Waals surface area contributed by atoms with E-state index in [1.165, 1.54) is 89.9 Å². The molecule has 9 nitrogen and oxygen atoms in total. The molecule has 0 radical (unpaired) electrons. The van der Waals surface area contributed by atoms with Gasteiger partial charge in [-0.15, -0.1) is 0 Å². The van der Waals surface area contributed by atoms with Crippen LogP contribution in [0.5, 0.6) is 0 Å². The van der Waals surface area contributed by atoms with E-state index in [9.17, 15) is 19.0 Å². The second-order valence-electron chi connectivity index (χ2n) is 19.4. The van der Waals surface area contributed by atoms with Gasteiger partial charge in [0.25, 0.3) is 0 Å². The molecule has 0 fully saturated rings. The van der Waals surface area contributed by atoms with Crippen molar-refractivity contribution >= 4 is 19.7 Å². The molecule has 384 valence electrons. The summed E-state index contributed by atoms with van der Waals surface area (Å²) in [7, 11) is 1.47. The molecule has 0 bridgehead atoms. The van der Waals surface area contributed by atoms with Gasteiger partial charge in [-0.25, -0.2) is 4.57 Å². The largest absolute Gasteiger partial charge is 0.472 e. The highest BCUT2D eigenvalue weighted by Crippen LogP contribution is 2.43. The Bertz CT molecular complexity index is 1320. The number of esters is 1. The fraction of sp³-hybridized carbons (Fsp3) is 0.786. The van der Waals surface area contributed by atoms with E-state index in [1.54, 1.807) is 0 Å². The molecular weight excluding hydrogens is 844 g/mol. The number of ether oxygens (including phenoxy) is 1. The summed E-state index contributed by atoms with van der Waals surface area (Å²) in [4.78, 5) is 37.4. The number of carbonyl (C=O) groups excluding carboxylic acids is 2. The highest BCUT2D eigenvalue weighted by molar-refractivity contribution is 7.47. The number of rotatable bonds is 48. The van der Waals surface area contributed by atoms with Gasteiger partial charge in [0.2, 0.25) is 5.91 Å². The molecule has 3 unspecified atom stereocenters. The van der Waals surface area contributed by atoms with Crippen molar-refractivity contribution < 1.29 is 37.3 Å². The van der Waals surface area contributed by atoms with E-state index < -0.39 is 20.0 Å². The first kappa shape index (κ1) is 63.7. The van der Waals surface area contributed by atoms with Crippen LogP contribution in [0.4, 0.5) is 0 Å². The lowest BCUT2D eigenvalue weighted by atomic mass is 10.0. The predicted octanol–water partition coefficient (Wildman–Crippen LogP) is 15.9. The highest BCUT2D eigenvalue weighted by atomic mass is 31.2. The molecule has 0 aliphatic heterocycles. The van der Waals surface area contributed by atoms with Crippen molar-refractivity contribution in [3.8, 4) is 0 Å². The summed E-state index contributed by atoms with van der Waals surface area (Å²) < 4.78 is 30.5. The zero-order chi connectivity index (χ0) is 48.7. The summed E-state index contributed by atoms with van der Waals surface area (Å²) in [6.07, 6.45) is 56.4. The minimum absolute atomic E-state index is 0.0333. The molecule has 0 rings (SSSR count). The number of nitrogens with one attached hydrogen (secondary N) is 1. The minimum Gasteiger partial charge on any atom is -0.456 e.